The fourth-order valence-electron chi connectivity index (χ4n) is 2.57. The molecule has 0 fully saturated rings. The molecule has 1 aliphatic carbocycles. The van der Waals surface area contributed by atoms with Crippen LogP contribution in [0.15, 0.2) is 6.20 Å². The topological polar surface area (TPSA) is 39.1 Å². The predicted molar refractivity (Wildman–Crippen MR) is 72.6 cm³/mol. The molecule has 0 saturated carbocycles. The van der Waals surface area contributed by atoms with Crippen molar-refractivity contribution >= 4 is 0 Å². The van der Waals surface area contributed by atoms with Gasteiger partial charge in [0.2, 0.25) is 0 Å². The van der Waals surface area contributed by atoms with Crippen molar-refractivity contribution in [1.82, 2.24) is 15.1 Å². The van der Waals surface area contributed by atoms with Gasteiger partial charge in [0.05, 0.1) is 12.8 Å². The zero-order valence-electron chi connectivity index (χ0n) is 11.6. The molecule has 2 rings (SSSR count). The van der Waals surface area contributed by atoms with Gasteiger partial charge >= 0.3 is 0 Å². The van der Waals surface area contributed by atoms with E-state index >= 15 is 0 Å². The van der Waals surface area contributed by atoms with Crippen molar-refractivity contribution in [1.29, 1.82) is 0 Å². The zero-order chi connectivity index (χ0) is 12.8. The van der Waals surface area contributed by atoms with Gasteiger partial charge in [-0.15, -0.1) is 0 Å². The Morgan fingerprint density at radius 3 is 3.22 bits per heavy atom. The van der Waals surface area contributed by atoms with Gasteiger partial charge in [0.1, 0.15) is 0 Å². The number of aryl methyl sites for hydroxylation is 1. The van der Waals surface area contributed by atoms with Crippen molar-refractivity contribution < 1.29 is 4.74 Å². The number of rotatable bonds is 7. The van der Waals surface area contributed by atoms with Crippen LogP contribution in [0, 0.1) is 0 Å². The number of aromatic nitrogens is 2. The van der Waals surface area contributed by atoms with Gasteiger partial charge in [0.15, 0.2) is 0 Å². The number of unbranched alkanes of at least 4 members (excludes halogenated alkanes) is 1. The highest BCUT2D eigenvalue weighted by atomic mass is 16.5. The van der Waals surface area contributed by atoms with Crippen LogP contribution in [-0.4, -0.2) is 29.5 Å². The molecule has 1 unspecified atom stereocenters. The average Bonchev–Trinajstić information content (AvgIpc) is 2.77. The summed E-state index contributed by atoms with van der Waals surface area (Å²) in [5.41, 5.74) is 2.78. The van der Waals surface area contributed by atoms with Crippen molar-refractivity contribution in [3.8, 4) is 0 Å². The van der Waals surface area contributed by atoms with Gasteiger partial charge in [-0.2, -0.15) is 5.10 Å². The first-order valence-corrected chi connectivity index (χ1v) is 7.14. The molecule has 4 heteroatoms. The minimum atomic E-state index is 0.470. The summed E-state index contributed by atoms with van der Waals surface area (Å²) in [4.78, 5) is 0. The van der Waals surface area contributed by atoms with Crippen molar-refractivity contribution in [2.75, 3.05) is 19.8 Å². The molecule has 0 aromatic carbocycles. The maximum absolute atomic E-state index is 5.57. The molecular weight excluding hydrogens is 226 g/mol. The molecule has 1 heterocycles. The second kappa shape index (κ2) is 6.90. The van der Waals surface area contributed by atoms with Crippen LogP contribution in [0.2, 0.25) is 0 Å². The van der Waals surface area contributed by atoms with Gasteiger partial charge in [-0.05, 0) is 25.7 Å². The summed E-state index contributed by atoms with van der Waals surface area (Å²) >= 11 is 0. The lowest BCUT2D eigenvalue weighted by Crippen LogP contribution is -2.28. The van der Waals surface area contributed by atoms with Gasteiger partial charge in [-0.25, -0.2) is 0 Å². The van der Waals surface area contributed by atoms with Crippen LogP contribution in [0.5, 0.6) is 0 Å². The normalized spacial score (nSPS) is 18.9. The maximum atomic E-state index is 5.57. The summed E-state index contributed by atoms with van der Waals surface area (Å²) in [7, 11) is 2.04. The molecule has 1 aliphatic rings. The average molecular weight is 251 g/mol. The van der Waals surface area contributed by atoms with E-state index in [0.29, 0.717) is 6.04 Å². The van der Waals surface area contributed by atoms with E-state index in [1.807, 2.05) is 17.9 Å². The number of fused-ring (bicyclic) bond motifs is 1. The summed E-state index contributed by atoms with van der Waals surface area (Å²) in [5, 5.41) is 7.95. The van der Waals surface area contributed by atoms with Crippen LogP contribution in [0.3, 0.4) is 0 Å². The Hall–Kier alpha value is -0.870. The fraction of sp³-hybridized carbons (Fsp3) is 0.786. The number of nitrogens with zero attached hydrogens (tertiary/aromatic N) is 2. The van der Waals surface area contributed by atoms with E-state index in [9.17, 15) is 0 Å². The largest absolute Gasteiger partial charge is 0.380 e. The first-order valence-electron chi connectivity index (χ1n) is 7.14. The minimum absolute atomic E-state index is 0.470. The van der Waals surface area contributed by atoms with Gasteiger partial charge < -0.3 is 10.1 Å². The van der Waals surface area contributed by atoms with Crippen molar-refractivity contribution in [2.45, 2.75) is 45.1 Å². The third kappa shape index (κ3) is 3.33. The Morgan fingerprint density at radius 2 is 2.39 bits per heavy atom. The third-order valence-corrected chi connectivity index (χ3v) is 3.66. The summed E-state index contributed by atoms with van der Waals surface area (Å²) in [5.74, 6) is 0. The molecule has 0 radical (unpaired) electrons. The molecule has 1 aromatic heterocycles. The zero-order valence-corrected chi connectivity index (χ0v) is 11.6. The summed E-state index contributed by atoms with van der Waals surface area (Å²) in [6.45, 7) is 4.82. The summed E-state index contributed by atoms with van der Waals surface area (Å²) in [6.07, 6.45) is 8.01. The SMILES string of the molecule is CCCCOCCNC1CCCc2c1cnn2C. The van der Waals surface area contributed by atoms with Crippen LogP contribution >= 0.6 is 0 Å². The van der Waals surface area contributed by atoms with Crippen molar-refractivity contribution in [3.05, 3.63) is 17.5 Å². The highest BCUT2D eigenvalue weighted by Crippen LogP contribution is 2.28. The molecule has 4 nitrogen and oxygen atoms in total. The molecular formula is C14H25N3O. The van der Waals surface area contributed by atoms with Crippen molar-refractivity contribution in [2.24, 2.45) is 7.05 Å². The van der Waals surface area contributed by atoms with Crippen LogP contribution in [0.25, 0.3) is 0 Å². The standard InChI is InChI=1S/C14H25N3O/c1-3-4-9-18-10-8-15-13-6-5-7-14-12(13)11-16-17(14)2/h11,13,15H,3-10H2,1-2H3. The number of nitrogens with one attached hydrogen (secondary N) is 1. The van der Waals surface area contributed by atoms with Gasteiger partial charge in [0, 0.05) is 37.5 Å². The van der Waals surface area contributed by atoms with E-state index in [1.165, 1.54) is 30.5 Å². The lowest BCUT2D eigenvalue weighted by atomic mass is 9.93. The minimum Gasteiger partial charge on any atom is -0.380 e. The number of ether oxygens (including phenoxy) is 1. The molecule has 0 bridgehead atoms. The first kappa shape index (κ1) is 13.6. The van der Waals surface area contributed by atoms with E-state index in [-0.39, 0.29) is 0 Å². The molecule has 1 atom stereocenters. The smallest absolute Gasteiger partial charge is 0.0591 e. The molecule has 18 heavy (non-hydrogen) atoms. The predicted octanol–water partition coefficient (Wildman–Crippen LogP) is 2.20. The molecule has 0 amide bonds. The molecule has 0 spiro atoms. The van der Waals surface area contributed by atoms with E-state index in [0.717, 1.165) is 32.6 Å². The lowest BCUT2D eigenvalue weighted by Gasteiger charge is -2.23. The van der Waals surface area contributed by atoms with Crippen molar-refractivity contribution in [3.63, 3.8) is 0 Å². The second-order valence-electron chi connectivity index (χ2n) is 5.04. The first-order chi connectivity index (χ1) is 8.83. The maximum Gasteiger partial charge on any atom is 0.0591 e. The molecule has 0 saturated heterocycles. The van der Waals surface area contributed by atoms with Gasteiger partial charge in [0.25, 0.3) is 0 Å². The van der Waals surface area contributed by atoms with E-state index in [2.05, 4.69) is 17.3 Å². The van der Waals surface area contributed by atoms with Crippen LogP contribution < -0.4 is 5.32 Å². The fourth-order valence-corrected chi connectivity index (χ4v) is 2.57. The quantitative estimate of drug-likeness (QED) is 0.755. The Balaban J connectivity index is 1.74. The summed E-state index contributed by atoms with van der Waals surface area (Å²) < 4.78 is 7.59. The highest BCUT2D eigenvalue weighted by molar-refractivity contribution is 5.24. The third-order valence-electron chi connectivity index (χ3n) is 3.66. The van der Waals surface area contributed by atoms with Crippen LogP contribution in [0.4, 0.5) is 0 Å². The van der Waals surface area contributed by atoms with Crippen LogP contribution in [-0.2, 0) is 18.2 Å². The Bertz CT molecular complexity index is 362. The molecule has 1 aromatic rings. The Morgan fingerprint density at radius 1 is 1.50 bits per heavy atom. The Labute approximate surface area is 110 Å². The molecule has 102 valence electrons. The monoisotopic (exact) mass is 251 g/mol. The van der Waals surface area contributed by atoms with Crippen LogP contribution in [0.1, 0.15) is 49.9 Å². The lowest BCUT2D eigenvalue weighted by molar-refractivity contribution is 0.130. The van der Waals surface area contributed by atoms with Gasteiger partial charge in [-0.3, -0.25) is 4.68 Å². The van der Waals surface area contributed by atoms with Gasteiger partial charge in [-0.1, -0.05) is 13.3 Å². The summed E-state index contributed by atoms with van der Waals surface area (Å²) in [6, 6.07) is 0.470. The molecule has 0 aliphatic heterocycles. The van der Waals surface area contributed by atoms with E-state index in [4.69, 9.17) is 4.74 Å². The van der Waals surface area contributed by atoms with E-state index < -0.39 is 0 Å². The molecule has 1 N–H and O–H groups in total. The number of hydrogen-bond acceptors (Lipinski definition) is 3. The highest BCUT2D eigenvalue weighted by Gasteiger charge is 2.22. The van der Waals surface area contributed by atoms with E-state index in [1.54, 1.807) is 0 Å². The number of hydrogen-bond donors (Lipinski definition) is 1. The Kier molecular flexibility index (Phi) is 5.20. The second-order valence-corrected chi connectivity index (χ2v) is 5.04.